The van der Waals surface area contributed by atoms with Crippen LogP contribution in [0.2, 0.25) is 0 Å². The van der Waals surface area contributed by atoms with Crippen LogP contribution in [0.1, 0.15) is 22.5 Å². The van der Waals surface area contributed by atoms with E-state index in [4.69, 9.17) is 14.7 Å². The van der Waals surface area contributed by atoms with Crippen LogP contribution in [0.4, 0.5) is 5.69 Å². The van der Waals surface area contributed by atoms with Gasteiger partial charge in [-0.25, -0.2) is 9.98 Å². The Morgan fingerprint density at radius 2 is 0.865 bits per heavy atom. The summed E-state index contributed by atoms with van der Waals surface area (Å²) in [6.45, 7) is 0. The fraction of sp³-hybridized carbons (Fsp3) is 0.0217. The molecule has 6 nitrogen and oxygen atoms in total. The van der Waals surface area contributed by atoms with Gasteiger partial charge in [0.25, 0.3) is 0 Å². The van der Waals surface area contributed by atoms with Crippen molar-refractivity contribution in [3.63, 3.8) is 0 Å². The number of nitriles is 1. The lowest BCUT2D eigenvalue weighted by atomic mass is 9.96. The van der Waals surface area contributed by atoms with Crippen LogP contribution in [-0.4, -0.2) is 28.0 Å². The number of nitrogens with one attached hydrogen (secondary N) is 2. The molecule has 5 heterocycles. The Labute approximate surface area is 300 Å². The first-order chi connectivity index (χ1) is 25.7. The molecule has 2 aliphatic heterocycles. The predicted octanol–water partition coefficient (Wildman–Crippen LogP) is 11.4. The van der Waals surface area contributed by atoms with Crippen molar-refractivity contribution in [1.82, 2.24) is 15.0 Å². The Kier molecular flexibility index (Phi) is 7.64. The molecule has 2 aliphatic rings. The molecule has 0 aliphatic carbocycles. The molecule has 0 spiro atoms. The third kappa shape index (κ3) is 5.20. The summed E-state index contributed by atoms with van der Waals surface area (Å²) < 4.78 is 6.05. The van der Waals surface area contributed by atoms with Gasteiger partial charge in [-0.3, -0.25) is 0 Å². The van der Waals surface area contributed by atoms with E-state index in [-0.39, 0.29) is 0 Å². The van der Waals surface area contributed by atoms with Gasteiger partial charge in [0, 0.05) is 44.3 Å². The van der Waals surface area contributed by atoms with Gasteiger partial charge in [0.05, 0.1) is 35.3 Å². The molecule has 0 atom stereocenters. The minimum Gasteiger partial charge on any atom is -0.480 e. The number of rotatable bonds is 4. The van der Waals surface area contributed by atoms with Crippen LogP contribution in [0.3, 0.4) is 0 Å². The van der Waals surface area contributed by atoms with Crippen LogP contribution in [0, 0.1) is 11.3 Å². The molecule has 246 valence electrons. The summed E-state index contributed by atoms with van der Waals surface area (Å²) in [5, 5.41) is 11.1. The van der Waals surface area contributed by atoms with Crippen molar-refractivity contribution in [1.29, 1.82) is 5.26 Å². The molecule has 0 fully saturated rings. The lowest BCUT2D eigenvalue weighted by Gasteiger charge is -2.09. The predicted molar refractivity (Wildman–Crippen MR) is 212 cm³/mol. The van der Waals surface area contributed by atoms with E-state index in [0.717, 1.165) is 78.0 Å². The molecule has 52 heavy (non-hydrogen) atoms. The quantitative estimate of drug-likeness (QED) is 0.195. The summed E-state index contributed by atoms with van der Waals surface area (Å²) in [6.07, 6.45) is 4.19. The minimum absolute atomic E-state index is 0.372. The van der Waals surface area contributed by atoms with Crippen LogP contribution in [0.25, 0.3) is 78.7 Å². The summed E-state index contributed by atoms with van der Waals surface area (Å²) in [5.74, 6) is 0.372. The molecule has 0 saturated heterocycles. The van der Waals surface area contributed by atoms with Crippen molar-refractivity contribution in [3.05, 3.63) is 168 Å². The van der Waals surface area contributed by atoms with E-state index in [0.29, 0.717) is 22.7 Å². The van der Waals surface area contributed by atoms with Crippen molar-refractivity contribution in [2.24, 2.45) is 4.99 Å². The molecule has 0 unspecified atom stereocenters. The second-order valence-corrected chi connectivity index (χ2v) is 12.6. The van der Waals surface area contributed by atoms with Crippen LogP contribution < -0.4 is 0 Å². The number of hydrogen-bond acceptors (Lipinski definition) is 4. The molecule has 3 aromatic heterocycles. The number of benzene rings is 4. The number of H-pyrrole nitrogens is 2. The molecule has 4 aromatic carbocycles. The molecular weight excluding hydrogens is 639 g/mol. The Morgan fingerprint density at radius 1 is 0.481 bits per heavy atom. The van der Waals surface area contributed by atoms with E-state index in [1.54, 1.807) is 7.11 Å². The van der Waals surface area contributed by atoms with Crippen molar-refractivity contribution in [2.75, 3.05) is 7.11 Å². The number of hydrogen-bond donors (Lipinski definition) is 2. The Hall–Kier alpha value is -7.23. The van der Waals surface area contributed by atoms with Gasteiger partial charge in [-0.15, -0.1) is 0 Å². The van der Waals surface area contributed by atoms with Crippen LogP contribution in [0.5, 0.6) is 0 Å². The highest BCUT2D eigenvalue weighted by Crippen LogP contribution is 2.44. The number of aliphatic imine (C=N–C) groups is 1. The van der Waals surface area contributed by atoms with Gasteiger partial charge >= 0.3 is 0 Å². The van der Waals surface area contributed by atoms with Gasteiger partial charge in [0.15, 0.2) is 0 Å². The van der Waals surface area contributed by atoms with Gasteiger partial charge in [0.1, 0.15) is 6.07 Å². The normalized spacial score (nSPS) is 12.0. The van der Waals surface area contributed by atoms with Crippen molar-refractivity contribution in [3.8, 4) is 50.6 Å². The van der Waals surface area contributed by atoms with Crippen LogP contribution in [-0.2, 0) is 4.74 Å². The maximum Gasteiger partial charge on any atom is 0.223 e. The van der Waals surface area contributed by atoms with Crippen LogP contribution >= 0.6 is 0 Å². The standard InChI is InChI=1S/C46H31N5O/c1-52-46-44-33(28-47)45(51-46)43(32-20-12-5-13-21-32)39-27-25-37(50-39)41(30-16-8-3-9-17-30)35-23-22-34(48-35)40(29-14-6-2-7-15-29)36-24-26-38(49-36)42(44)31-18-10-4-11-19-31/h2-27,49-50H,1H3. The number of nitrogens with zero attached hydrogens (tertiary/aromatic N) is 3. The summed E-state index contributed by atoms with van der Waals surface area (Å²) in [6, 6.07) is 51.6. The van der Waals surface area contributed by atoms with E-state index in [1.807, 2.05) is 97.1 Å². The van der Waals surface area contributed by atoms with E-state index < -0.39 is 0 Å². The average molecular weight is 670 g/mol. The molecule has 0 saturated carbocycles. The third-order valence-corrected chi connectivity index (χ3v) is 9.56. The zero-order valence-electron chi connectivity index (χ0n) is 28.3. The molecule has 8 bridgehead atoms. The zero-order chi connectivity index (χ0) is 35.0. The highest BCUT2D eigenvalue weighted by molar-refractivity contribution is 6.14. The fourth-order valence-corrected chi connectivity index (χ4v) is 7.28. The first-order valence-electron chi connectivity index (χ1n) is 17.1. The second kappa shape index (κ2) is 12.9. The Balaban J connectivity index is 1.55. The zero-order valence-corrected chi connectivity index (χ0v) is 28.3. The molecule has 6 heteroatoms. The van der Waals surface area contributed by atoms with Gasteiger partial charge in [-0.05, 0) is 58.7 Å². The third-order valence-electron chi connectivity index (χ3n) is 9.56. The van der Waals surface area contributed by atoms with E-state index >= 15 is 0 Å². The Bertz CT molecular complexity index is 2750. The average Bonchev–Trinajstić information content (AvgIpc) is 4.03. The SMILES string of the molecule is COC1=Nc2c(C#N)c1c(-c1ccccc1)c1ccc([nH]1)c(-c1ccccc1)c1nc(c(-c3ccccc3)c3ccc([nH]3)c2-c2ccccc2)C=C1. The number of fused-ring (bicyclic) bond motifs is 8. The largest absolute Gasteiger partial charge is 0.480 e. The van der Waals surface area contributed by atoms with Gasteiger partial charge in [-0.1, -0.05) is 121 Å². The molecule has 0 radical (unpaired) electrons. The fourth-order valence-electron chi connectivity index (χ4n) is 7.28. The van der Waals surface area contributed by atoms with E-state index in [9.17, 15) is 5.26 Å². The van der Waals surface area contributed by atoms with Crippen molar-refractivity contribution >= 4 is 45.8 Å². The molecule has 0 amide bonds. The van der Waals surface area contributed by atoms with Gasteiger partial charge in [-0.2, -0.15) is 5.26 Å². The van der Waals surface area contributed by atoms with Crippen molar-refractivity contribution in [2.45, 2.75) is 0 Å². The summed E-state index contributed by atoms with van der Waals surface area (Å²) in [5.41, 5.74) is 14.1. The second-order valence-electron chi connectivity index (χ2n) is 12.6. The summed E-state index contributed by atoms with van der Waals surface area (Å²) in [7, 11) is 1.61. The van der Waals surface area contributed by atoms with Gasteiger partial charge < -0.3 is 14.7 Å². The molecule has 2 N–H and O–H groups in total. The Morgan fingerprint density at radius 3 is 1.29 bits per heavy atom. The number of ether oxygens (including phenoxy) is 1. The number of aromatic nitrogens is 3. The maximum atomic E-state index is 11.1. The summed E-state index contributed by atoms with van der Waals surface area (Å²) in [4.78, 5) is 17.9. The minimum atomic E-state index is 0.372. The molecular formula is C46H31N5O. The highest BCUT2D eigenvalue weighted by atomic mass is 16.5. The maximum absolute atomic E-state index is 11.1. The highest BCUT2D eigenvalue weighted by Gasteiger charge is 2.28. The first kappa shape index (κ1) is 30.8. The van der Waals surface area contributed by atoms with E-state index in [2.05, 4.69) is 76.7 Å². The van der Waals surface area contributed by atoms with E-state index in [1.165, 1.54) is 0 Å². The lowest BCUT2D eigenvalue weighted by Crippen LogP contribution is -2.03. The van der Waals surface area contributed by atoms with Gasteiger partial charge in [0.2, 0.25) is 5.90 Å². The topological polar surface area (TPSA) is 89.8 Å². The summed E-state index contributed by atoms with van der Waals surface area (Å²) >= 11 is 0. The van der Waals surface area contributed by atoms with Crippen molar-refractivity contribution < 1.29 is 4.74 Å². The molecule has 9 rings (SSSR count). The smallest absolute Gasteiger partial charge is 0.223 e. The van der Waals surface area contributed by atoms with Crippen LogP contribution in [0.15, 0.2) is 151 Å². The monoisotopic (exact) mass is 669 g/mol. The number of aromatic amines is 2. The lowest BCUT2D eigenvalue weighted by molar-refractivity contribution is 0.406. The molecule has 7 aromatic rings. The number of methoxy groups -OCH3 is 1. The first-order valence-corrected chi connectivity index (χ1v) is 17.1.